The van der Waals surface area contributed by atoms with Crippen LogP contribution in [-0.4, -0.2) is 11.1 Å². The quantitative estimate of drug-likeness (QED) is 0.738. The summed E-state index contributed by atoms with van der Waals surface area (Å²) in [5.41, 5.74) is 0.950. The Morgan fingerprint density at radius 2 is 1.85 bits per heavy atom. The lowest BCUT2D eigenvalue weighted by atomic mass is 10.1. The number of hydrogen-bond acceptors (Lipinski definition) is 2. The molecule has 0 unspecified atom stereocenters. The molecular formula is C15H8BrFO3. The highest BCUT2D eigenvalue weighted by molar-refractivity contribution is 9.10. The third-order valence-corrected chi connectivity index (χ3v) is 3.50. The molecule has 0 saturated heterocycles. The Morgan fingerprint density at radius 3 is 2.50 bits per heavy atom. The van der Waals surface area contributed by atoms with E-state index in [2.05, 4.69) is 15.9 Å². The number of hydrogen-bond donors (Lipinski definition) is 1. The summed E-state index contributed by atoms with van der Waals surface area (Å²) in [6.07, 6.45) is 0. The first-order valence-corrected chi connectivity index (χ1v) is 6.57. The lowest BCUT2D eigenvalue weighted by molar-refractivity contribution is 0.0699. The monoisotopic (exact) mass is 334 g/mol. The van der Waals surface area contributed by atoms with Gasteiger partial charge in [0.15, 0.2) is 0 Å². The smallest absolute Gasteiger partial charge is 0.340 e. The summed E-state index contributed by atoms with van der Waals surface area (Å²) in [7, 11) is 0. The van der Waals surface area contributed by atoms with Gasteiger partial charge in [-0.25, -0.2) is 9.18 Å². The Balaban J connectivity index is 2.32. The summed E-state index contributed by atoms with van der Waals surface area (Å²) in [5, 5.41) is 9.63. The van der Waals surface area contributed by atoms with Crippen molar-refractivity contribution >= 4 is 32.9 Å². The van der Waals surface area contributed by atoms with Gasteiger partial charge in [-0.2, -0.15) is 0 Å². The van der Waals surface area contributed by atoms with Crippen molar-refractivity contribution in [2.24, 2.45) is 0 Å². The SMILES string of the molecule is O=C(O)c1c(-c2ccc(Br)cc2)oc2ccc(F)cc12. The van der Waals surface area contributed by atoms with E-state index < -0.39 is 11.8 Å². The van der Waals surface area contributed by atoms with E-state index in [0.29, 0.717) is 11.1 Å². The summed E-state index contributed by atoms with van der Waals surface area (Å²) in [6.45, 7) is 0. The second-order valence-corrected chi connectivity index (χ2v) is 5.17. The fraction of sp³-hybridized carbons (Fsp3) is 0. The molecule has 0 atom stereocenters. The maximum absolute atomic E-state index is 13.3. The molecule has 2 aromatic carbocycles. The molecule has 0 radical (unpaired) electrons. The molecule has 0 aliphatic heterocycles. The van der Waals surface area contributed by atoms with Crippen LogP contribution in [-0.2, 0) is 0 Å². The molecule has 0 spiro atoms. The number of rotatable bonds is 2. The van der Waals surface area contributed by atoms with Gasteiger partial charge in [0.2, 0.25) is 0 Å². The number of fused-ring (bicyclic) bond motifs is 1. The number of carboxylic acids is 1. The Hall–Kier alpha value is -2.14. The van der Waals surface area contributed by atoms with Crippen molar-refractivity contribution in [2.75, 3.05) is 0 Å². The van der Waals surface area contributed by atoms with E-state index in [-0.39, 0.29) is 16.7 Å². The van der Waals surface area contributed by atoms with Gasteiger partial charge in [-0.15, -0.1) is 0 Å². The van der Waals surface area contributed by atoms with E-state index in [1.807, 2.05) is 0 Å². The largest absolute Gasteiger partial charge is 0.478 e. The summed E-state index contributed by atoms with van der Waals surface area (Å²) in [4.78, 5) is 11.5. The van der Waals surface area contributed by atoms with Crippen molar-refractivity contribution in [3.8, 4) is 11.3 Å². The molecule has 3 nitrogen and oxygen atoms in total. The molecule has 3 rings (SSSR count). The van der Waals surface area contributed by atoms with Gasteiger partial charge < -0.3 is 9.52 Å². The minimum atomic E-state index is -1.15. The Kier molecular flexibility index (Phi) is 3.06. The second kappa shape index (κ2) is 4.76. The highest BCUT2D eigenvalue weighted by atomic mass is 79.9. The zero-order valence-corrected chi connectivity index (χ0v) is 11.6. The van der Waals surface area contributed by atoms with Crippen LogP contribution in [0, 0.1) is 5.82 Å². The molecule has 1 aromatic heterocycles. The Morgan fingerprint density at radius 1 is 1.15 bits per heavy atom. The van der Waals surface area contributed by atoms with Crippen LogP contribution < -0.4 is 0 Å². The van der Waals surface area contributed by atoms with Crippen LogP contribution in [0.2, 0.25) is 0 Å². The highest BCUT2D eigenvalue weighted by Crippen LogP contribution is 2.34. The molecule has 0 aliphatic rings. The normalized spacial score (nSPS) is 10.9. The molecule has 0 bridgehead atoms. The van der Waals surface area contributed by atoms with Crippen LogP contribution in [0.5, 0.6) is 0 Å². The zero-order valence-electron chi connectivity index (χ0n) is 10.1. The fourth-order valence-electron chi connectivity index (χ4n) is 2.09. The molecule has 0 fully saturated rings. The van der Waals surface area contributed by atoms with Crippen molar-refractivity contribution in [2.45, 2.75) is 0 Å². The molecule has 0 aliphatic carbocycles. The minimum absolute atomic E-state index is 0.0261. The number of carbonyl (C=O) groups is 1. The number of carboxylic acid groups (broad SMARTS) is 1. The van der Waals surface area contributed by atoms with Crippen LogP contribution in [0.15, 0.2) is 51.4 Å². The molecule has 1 N–H and O–H groups in total. The van der Waals surface area contributed by atoms with E-state index in [4.69, 9.17) is 4.42 Å². The van der Waals surface area contributed by atoms with Gasteiger partial charge in [0.05, 0.1) is 0 Å². The predicted molar refractivity (Wildman–Crippen MR) is 76.3 cm³/mol. The van der Waals surface area contributed by atoms with Crippen molar-refractivity contribution in [3.05, 3.63) is 58.3 Å². The van der Waals surface area contributed by atoms with Gasteiger partial charge in [-0.1, -0.05) is 28.1 Å². The van der Waals surface area contributed by atoms with E-state index in [1.54, 1.807) is 24.3 Å². The van der Waals surface area contributed by atoms with Crippen LogP contribution in [0.3, 0.4) is 0 Å². The highest BCUT2D eigenvalue weighted by Gasteiger charge is 2.21. The number of aromatic carboxylic acids is 1. The van der Waals surface area contributed by atoms with E-state index in [1.165, 1.54) is 18.2 Å². The lowest BCUT2D eigenvalue weighted by Crippen LogP contribution is -1.97. The molecule has 3 aromatic rings. The van der Waals surface area contributed by atoms with Crippen molar-refractivity contribution in [1.29, 1.82) is 0 Å². The van der Waals surface area contributed by atoms with E-state index in [9.17, 15) is 14.3 Å². The fourth-order valence-corrected chi connectivity index (χ4v) is 2.35. The van der Waals surface area contributed by atoms with Crippen molar-refractivity contribution < 1.29 is 18.7 Å². The topological polar surface area (TPSA) is 50.4 Å². The number of benzene rings is 2. The first-order chi connectivity index (χ1) is 9.56. The molecule has 100 valence electrons. The molecule has 20 heavy (non-hydrogen) atoms. The first-order valence-electron chi connectivity index (χ1n) is 5.77. The Labute approximate surface area is 121 Å². The molecule has 1 heterocycles. The van der Waals surface area contributed by atoms with Gasteiger partial charge in [-0.3, -0.25) is 0 Å². The lowest BCUT2D eigenvalue weighted by Gasteiger charge is -1.99. The third kappa shape index (κ3) is 2.10. The maximum atomic E-state index is 13.3. The van der Waals surface area contributed by atoms with Gasteiger partial charge in [0.25, 0.3) is 0 Å². The van der Waals surface area contributed by atoms with Crippen LogP contribution in [0.1, 0.15) is 10.4 Å². The van der Waals surface area contributed by atoms with Crippen LogP contribution in [0.4, 0.5) is 4.39 Å². The van der Waals surface area contributed by atoms with Crippen molar-refractivity contribution in [1.82, 2.24) is 0 Å². The second-order valence-electron chi connectivity index (χ2n) is 4.26. The van der Waals surface area contributed by atoms with Crippen molar-refractivity contribution in [3.63, 3.8) is 0 Å². The minimum Gasteiger partial charge on any atom is -0.478 e. The van der Waals surface area contributed by atoms with Crippen LogP contribution >= 0.6 is 15.9 Å². The molecule has 0 amide bonds. The zero-order chi connectivity index (χ0) is 14.3. The van der Waals surface area contributed by atoms with Crippen LogP contribution in [0.25, 0.3) is 22.3 Å². The van der Waals surface area contributed by atoms with E-state index >= 15 is 0 Å². The van der Waals surface area contributed by atoms with E-state index in [0.717, 1.165) is 4.47 Å². The van der Waals surface area contributed by atoms with Gasteiger partial charge in [-0.05, 0) is 30.3 Å². The first kappa shape index (κ1) is 12.9. The average Bonchev–Trinajstić information content (AvgIpc) is 2.78. The summed E-state index contributed by atoms with van der Waals surface area (Å²) in [6, 6.07) is 10.9. The molecular weight excluding hydrogens is 327 g/mol. The maximum Gasteiger partial charge on any atom is 0.340 e. The Bertz CT molecular complexity index is 806. The summed E-state index contributed by atoms with van der Waals surface area (Å²) >= 11 is 3.31. The molecule has 5 heteroatoms. The standard InChI is InChI=1S/C15H8BrFO3/c16-9-3-1-8(2-4-9)14-13(15(18)19)11-7-10(17)5-6-12(11)20-14/h1-7H,(H,18,19). The summed E-state index contributed by atoms with van der Waals surface area (Å²) < 4.78 is 19.8. The number of halogens is 2. The predicted octanol–water partition coefficient (Wildman–Crippen LogP) is 4.70. The van der Waals surface area contributed by atoms with Gasteiger partial charge >= 0.3 is 5.97 Å². The van der Waals surface area contributed by atoms with Gasteiger partial charge in [0, 0.05) is 15.4 Å². The molecule has 0 saturated carbocycles. The van der Waals surface area contributed by atoms with Gasteiger partial charge in [0.1, 0.15) is 22.7 Å². The average molecular weight is 335 g/mol. The summed E-state index contributed by atoms with van der Waals surface area (Å²) in [5.74, 6) is -1.42. The number of furan rings is 1. The third-order valence-electron chi connectivity index (χ3n) is 2.97.